The smallest absolute Gasteiger partial charge is 0.106 e. The van der Waals surface area contributed by atoms with Crippen molar-refractivity contribution in [2.75, 3.05) is 5.73 Å². The van der Waals surface area contributed by atoms with Crippen molar-refractivity contribution < 1.29 is 0 Å². The van der Waals surface area contributed by atoms with Crippen LogP contribution in [-0.4, -0.2) is 9.55 Å². The fraction of sp³-hybridized carbons (Fsp3) is 0.364. The lowest BCUT2D eigenvalue weighted by molar-refractivity contribution is 0.676. The average molecular weight is 189 g/mol. The van der Waals surface area contributed by atoms with Gasteiger partial charge in [-0.05, 0) is 31.5 Å². The third-order valence-electron chi connectivity index (χ3n) is 2.41. The maximum absolute atomic E-state index is 5.71. The monoisotopic (exact) mass is 189 g/mol. The lowest BCUT2D eigenvalue weighted by Crippen LogP contribution is -1.98. The fourth-order valence-corrected chi connectivity index (χ4v) is 1.77. The van der Waals surface area contributed by atoms with Crippen molar-refractivity contribution in [3.63, 3.8) is 0 Å². The van der Waals surface area contributed by atoms with E-state index in [1.54, 1.807) is 0 Å². The molecule has 14 heavy (non-hydrogen) atoms. The van der Waals surface area contributed by atoms with Gasteiger partial charge in [-0.3, -0.25) is 0 Å². The first-order valence-corrected chi connectivity index (χ1v) is 4.94. The zero-order valence-corrected chi connectivity index (χ0v) is 8.62. The van der Waals surface area contributed by atoms with E-state index in [4.69, 9.17) is 5.73 Å². The number of aromatic nitrogens is 2. The summed E-state index contributed by atoms with van der Waals surface area (Å²) in [6, 6.07) is 5.89. The highest BCUT2D eigenvalue weighted by atomic mass is 15.1. The molecule has 1 heterocycles. The van der Waals surface area contributed by atoms with Crippen molar-refractivity contribution in [2.45, 2.75) is 26.8 Å². The largest absolute Gasteiger partial charge is 0.399 e. The summed E-state index contributed by atoms with van der Waals surface area (Å²) in [5, 5.41) is 0. The van der Waals surface area contributed by atoms with Crippen LogP contribution in [0.1, 0.15) is 19.2 Å². The first kappa shape index (κ1) is 9.06. The number of benzene rings is 1. The first-order valence-electron chi connectivity index (χ1n) is 4.94. The Morgan fingerprint density at radius 1 is 1.43 bits per heavy atom. The number of nitrogens with two attached hydrogens (primary N) is 1. The van der Waals surface area contributed by atoms with E-state index in [1.165, 1.54) is 5.52 Å². The van der Waals surface area contributed by atoms with E-state index in [1.807, 2.05) is 25.1 Å². The molecule has 0 aliphatic carbocycles. The van der Waals surface area contributed by atoms with Crippen molar-refractivity contribution in [2.24, 2.45) is 0 Å². The normalized spacial score (nSPS) is 11.0. The van der Waals surface area contributed by atoms with Gasteiger partial charge in [-0.15, -0.1) is 0 Å². The van der Waals surface area contributed by atoms with E-state index in [-0.39, 0.29) is 0 Å². The Bertz CT molecular complexity index is 457. The molecule has 0 aliphatic rings. The predicted octanol–water partition coefficient (Wildman–Crippen LogP) is 2.34. The predicted molar refractivity (Wildman–Crippen MR) is 59.2 cm³/mol. The topological polar surface area (TPSA) is 43.8 Å². The maximum Gasteiger partial charge on any atom is 0.106 e. The van der Waals surface area contributed by atoms with Crippen molar-refractivity contribution in [1.29, 1.82) is 0 Å². The van der Waals surface area contributed by atoms with E-state index in [9.17, 15) is 0 Å². The average Bonchev–Trinajstić information content (AvgIpc) is 2.43. The number of nitrogens with zero attached hydrogens (tertiary/aromatic N) is 2. The molecule has 0 saturated carbocycles. The summed E-state index contributed by atoms with van der Waals surface area (Å²) in [6.07, 6.45) is 1.12. The van der Waals surface area contributed by atoms with Crippen LogP contribution in [-0.2, 0) is 6.54 Å². The Labute approximate surface area is 83.6 Å². The number of nitrogen functional groups attached to an aromatic ring is 1. The molecule has 2 rings (SSSR count). The van der Waals surface area contributed by atoms with E-state index in [2.05, 4.69) is 16.5 Å². The molecule has 0 bridgehead atoms. The maximum atomic E-state index is 5.71. The molecule has 0 radical (unpaired) electrons. The molecule has 2 aromatic rings. The second-order valence-electron chi connectivity index (χ2n) is 3.56. The van der Waals surface area contributed by atoms with Gasteiger partial charge in [-0.25, -0.2) is 4.98 Å². The first-order chi connectivity index (χ1) is 6.72. The molecular weight excluding hydrogens is 174 g/mol. The van der Waals surface area contributed by atoms with Gasteiger partial charge in [0.2, 0.25) is 0 Å². The minimum absolute atomic E-state index is 0.777. The van der Waals surface area contributed by atoms with Crippen LogP contribution in [0.4, 0.5) is 5.69 Å². The Kier molecular flexibility index (Phi) is 2.15. The van der Waals surface area contributed by atoms with E-state index >= 15 is 0 Å². The zero-order chi connectivity index (χ0) is 10.1. The Morgan fingerprint density at radius 3 is 2.93 bits per heavy atom. The number of anilines is 1. The van der Waals surface area contributed by atoms with Crippen molar-refractivity contribution in [3.8, 4) is 0 Å². The van der Waals surface area contributed by atoms with Crippen LogP contribution >= 0.6 is 0 Å². The molecule has 0 unspecified atom stereocenters. The summed E-state index contributed by atoms with van der Waals surface area (Å²) >= 11 is 0. The molecule has 1 aromatic heterocycles. The van der Waals surface area contributed by atoms with Gasteiger partial charge in [0, 0.05) is 12.2 Å². The van der Waals surface area contributed by atoms with Gasteiger partial charge in [-0.2, -0.15) is 0 Å². The lowest BCUT2D eigenvalue weighted by atomic mass is 10.3. The van der Waals surface area contributed by atoms with E-state index < -0.39 is 0 Å². The van der Waals surface area contributed by atoms with Crippen molar-refractivity contribution in [3.05, 3.63) is 24.0 Å². The highest BCUT2D eigenvalue weighted by Gasteiger charge is 2.05. The summed E-state index contributed by atoms with van der Waals surface area (Å²) in [5.74, 6) is 1.06. The van der Waals surface area contributed by atoms with Crippen LogP contribution < -0.4 is 5.73 Å². The van der Waals surface area contributed by atoms with Crippen LogP contribution in [0.15, 0.2) is 18.2 Å². The number of rotatable bonds is 2. The van der Waals surface area contributed by atoms with Crippen LogP contribution in [0.3, 0.4) is 0 Å². The van der Waals surface area contributed by atoms with Gasteiger partial charge in [0.05, 0.1) is 11.0 Å². The zero-order valence-electron chi connectivity index (χ0n) is 8.62. The Balaban J connectivity index is 2.64. The molecule has 0 fully saturated rings. The van der Waals surface area contributed by atoms with Gasteiger partial charge in [-0.1, -0.05) is 6.92 Å². The molecule has 74 valence electrons. The summed E-state index contributed by atoms with van der Waals surface area (Å²) in [7, 11) is 0. The van der Waals surface area contributed by atoms with Crippen molar-refractivity contribution >= 4 is 16.7 Å². The van der Waals surface area contributed by atoms with Gasteiger partial charge in [0.15, 0.2) is 0 Å². The summed E-state index contributed by atoms with van der Waals surface area (Å²) in [5.41, 5.74) is 8.66. The van der Waals surface area contributed by atoms with E-state index in [0.29, 0.717) is 0 Å². The summed E-state index contributed by atoms with van der Waals surface area (Å²) < 4.78 is 2.23. The molecule has 0 aliphatic heterocycles. The van der Waals surface area contributed by atoms with Crippen LogP contribution in [0.25, 0.3) is 11.0 Å². The molecular formula is C11H15N3. The lowest BCUT2D eigenvalue weighted by Gasteiger charge is -2.03. The van der Waals surface area contributed by atoms with Crippen LogP contribution in [0.2, 0.25) is 0 Å². The van der Waals surface area contributed by atoms with Gasteiger partial charge in [0.1, 0.15) is 5.82 Å². The van der Waals surface area contributed by atoms with Gasteiger partial charge < -0.3 is 10.3 Å². The molecule has 0 spiro atoms. The standard InChI is InChI=1S/C11H15N3/c1-3-6-14-8(2)13-10-7-9(12)4-5-11(10)14/h4-5,7H,3,6,12H2,1-2H3. The molecule has 3 heteroatoms. The number of fused-ring (bicyclic) bond motifs is 1. The molecule has 2 N–H and O–H groups in total. The molecule has 3 nitrogen and oxygen atoms in total. The number of hydrogen-bond donors (Lipinski definition) is 1. The molecule has 1 aromatic carbocycles. The number of aryl methyl sites for hydroxylation is 2. The second kappa shape index (κ2) is 3.33. The van der Waals surface area contributed by atoms with Crippen molar-refractivity contribution in [1.82, 2.24) is 9.55 Å². The third kappa shape index (κ3) is 1.35. The van der Waals surface area contributed by atoms with Gasteiger partial charge in [0.25, 0.3) is 0 Å². The SMILES string of the molecule is CCCn1c(C)nc2cc(N)ccc21. The Morgan fingerprint density at radius 2 is 2.21 bits per heavy atom. The molecule has 0 atom stereocenters. The van der Waals surface area contributed by atoms with Crippen LogP contribution in [0, 0.1) is 6.92 Å². The highest BCUT2D eigenvalue weighted by Crippen LogP contribution is 2.18. The quantitative estimate of drug-likeness (QED) is 0.737. The van der Waals surface area contributed by atoms with Crippen LogP contribution in [0.5, 0.6) is 0 Å². The Hall–Kier alpha value is -1.51. The van der Waals surface area contributed by atoms with E-state index in [0.717, 1.165) is 30.0 Å². The minimum Gasteiger partial charge on any atom is -0.399 e. The number of hydrogen-bond acceptors (Lipinski definition) is 2. The highest BCUT2D eigenvalue weighted by molar-refractivity contribution is 5.79. The number of imidazole rings is 1. The fourth-order valence-electron chi connectivity index (χ4n) is 1.77. The molecule has 0 saturated heterocycles. The summed E-state index contributed by atoms with van der Waals surface area (Å²) in [4.78, 5) is 4.48. The molecule has 0 amide bonds. The third-order valence-corrected chi connectivity index (χ3v) is 2.41. The van der Waals surface area contributed by atoms with Gasteiger partial charge >= 0.3 is 0 Å². The summed E-state index contributed by atoms with van der Waals surface area (Å²) in [6.45, 7) is 5.22. The minimum atomic E-state index is 0.777. The second-order valence-corrected chi connectivity index (χ2v) is 3.56.